The number of carbonyl (C=O) groups is 1. The SMILES string of the molecule is CC1CN(C(=O)C2(N)C3CCOC3C2(C)C)CCS1. The molecule has 108 valence electrons. The van der Waals surface area contributed by atoms with Gasteiger partial charge in [-0.15, -0.1) is 0 Å². The number of fused-ring (bicyclic) bond motifs is 1. The Morgan fingerprint density at radius 1 is 1.47 bits per heavy atom. The summed E-state index contributed by atoms with van der Waals surface area (Å²) < 4.78 is 5.77. The second-order valence-corrected chi connectivity index (χ2v) is 8.26. The third-order valence-corrected chi connectivity index (χ3v) is 6.47. The summed E-state index contributed by atoms with van der Waals surface area (Å²) in [6, 6.07) is 0. The van der Waals surface area contributed by atoms with Gasteiger partial charge in [0.2, 0.25) is 5.91 Å². The molecule has 5 heteroatoms. The predicted octanol–water partition coefficient (Wildman–Crippen LogP) is 1.09. The summed E-state index contributed by atoms with van der Waals surface area (Å²) in [5.74, 6) is 1.38. The van der Waals surface area contributed by atoms with E-state index in [-0.39, 0.29) is 23.3 Å². The van der Waals surface area contributed by atoms with Crippen molar-refractivity contribution in [2.75, 3.05) is 25.4 Å². The van der Waals surface area contributed by atoms with E-state index in [0.29, 0.717) is 5.25 Å². The third kappa shape index (κ3) is 1.71. The minimum absolute atomic E-state index is 0.149. The van der Waals surface area contributed by atoms with Gasteiger partial charge in [-0.3, -0.25) is 4.79 Å². The zero-order valence-corrected chi connectivity index (χ0v) is 12.8. The number of rotatable bonds is 1. The van der Waals surface area contributed by atoms with Gasteiger partial charge < -0.3 is 15.4 Å². The monoisotopic (exact) mass is 284 g/mol. The minimum Gasteiger partial charge on any atom is -0.377 e. The Morgan fingerprint density at radius 3 is 2.89 bits per heavy atom. The molecule has 2 heterocycles. The van der Waals surface area contributed by atoms with E-state index in [2.05, 4.69) is 20.8 Å². The van der Waals surface area contributed by atoms with Crippen molar-refractivity contribution in [2.24, 2.45) is 17.1 Å². The van der Waals surface area contributed by atoms with Gasteiger partial charge in [-0.1, -0.05) is 20.8 Å². The summed E-state index contributed by atoms with van der Waals surface area (Å²) >= 11 is 1.94. The average Bonchev–Trinajstić information content (AvgIpc) is 2.85. The van der Waals surface area contributed by atoms with Crippen molar-refractivity contribution < 1.29 is 9.53 Å². The van der Waals surface area contributed by atoms with Crippen molar-refractivity contribution >= 4 is 17.7 Å². The van der Waals surface area contributed by atoms with Crippen LogP contribution in [0.15, 0.2) is 0 Å². The first kappa shape index (κ1) is 13.7. The van der Waals surface area contributed by atoms with Crippen LogP contribution in [0, 0.1) is 11.3 Å². The maximum Gasteiger partial charge on any atom is 0.243 e. The highest BCUT2D eigenvalue weighted by molar-refractivity contribution is 7.99. The van der Waals surface area contributed by atoms with Gasteiger partial charge >= 0.3 is 0 Å². The first-order valence-electron chi connectivity index (χ1n) is 7.20. The topological polar surface area (TPSA) is 55.6 Å². The summed E-state index contributed by atoms with van der Waals surface area (Å²) in [7, 11) is 0. The number of nitrogens with zero attached hydrogens (tertiary/aromatic N) is 1. The molecule has 1 saturated carbocycles. The van der Waals surface area contributed by atoms with E-state index < -0.39 is 5.54 Å². The third-order valence-electron chi connectivity index (χ3n) is 5.34. The summed E-state index contributed by atoms with van der Waals surface area (Å²) in [6.45, 7) is 8.76. The van der Waals surface area contributed by atoms with Crippen molar-refractivity contribution in [1.29, 1.82) is 0 Å². The lowest BCUT2D eigenvalue weighted by Crippen LogP contribution is -2.80. The largest absolute Gasteiger partial charge is 0.377 e. The summed E-state index contributed by atoms with van der Waals surface area (Å²) in [5, 5.41) is 0.514. The fourth-order valence-electron chi connectivity index (χ4n) is 4.08. The molecular formula is C14H24N2O2S. The van der Waals surface area contributed by atoms with Gasteiger partial charge in [-0.05, 0) is 6.42 Å². The maximum atomic E-state index is 12.9. The molecule has 0 aromatic heterocycles. The van der Waals surface area contributed by atoms with E-state index >= 15 is 0 Å². The highest BCUT2D eigenvalue weighted by Gasteiger charge is 2.71. The van der Waals surface area contributed by atoms with Crippen LogP contribution in [0.1, 0.15) is 27.2 Å². The quantitative estimate of drug-likeness (QED) is 0.783. The fraction of sp³-hybridized carbons (Fsp3) is 0.929. The Labute approximate surface area is 119 Å². The van der Waals surface area contributed by atoms with Crippen LogP contribution in [0.2, 0.25) is 0 Å². The molecule has 3 rings (SSSR count). The molecule has 4 atom stereocenters. The van der Waals surface area contributed by atoms with Crippen LogP contribution >= 0.6 is 11.8 Å². The maximum absolute atomic E-state index is 12.9. The summed E-state index contributed by atoms with van der Waals surface area (Å²) in [4.78, 5) is 14.9. The summed E-state index contributed by atoms with van der Waals surface area (Å²) in [6.07, 6.45) is 1.09. The van der Waals surface area contributed by atoms with Crippen LogP contribution in [0.5, 0.6) is 0 Å². The van der Waals surface area contributed by atoms with Crippen LogP contribution in [0.3, 0.4) is 0 Å². The molecule has 3 fully saturated rings. The lowest BCUT2D eigenvalue weighted by molar-refractivity contribution is -0.184. The van der Waals surface area contributed by atoms with Gasteiger partial charge in [0.1, 0.15) is 5.54 Å². The van der Waals surface area contributed by atoms with Crippen LogP contribution in [0.4, 0.5) is 0 Å². The van der Waals surface area contributed by atoms with E-state index in [9.17, 15) is 4.79 Å². The number of hydrogen-bond acceptors (Lipinski definition) is 4. The van der Waals surface area contributed by atoms with Crippen LogP contribution in [-0.2, 0) is 9.53 Å². The Hall–Kier alpha value is -0.260. The number of carbonyl (C=O) groups excluding carboxylic acids is 1. The second-order valence-electron chi connectivity index (χ2n) is 6.71. The zero-order valence-electron chi connectivity index (χ0n) is 12.0. The molecular weight excluding hydrogens is 260 g/mol. The highest BCUT2D eigenvalue weighted by atomic mass is 32.2. The van der Waals surface area contributed by atoms with Crippen molar-refractivity contribution in [2.45, 2.75) is 44.1 Å². The molecule has 0 aromatic carbocycles. The molecule has 2 saturated heterocycles. The van der Waals surface area contributed by atoms with Gasteiger partial charge in [0.15, 0.2) is 0 Å². The van der Waals surface area contributed by atoms with E-state index in [1.54, 1.807) is 0 Å². The standard InChI is InChI=1S/C14H24N2O2S/c1-9-8-16(5-7-19-9)12(17)14(15)10-4-6-18-11(10)13(14,2)3/h9-11H,4-8,15H2,1-3H3. The van der Waals surface area contributed by atoms with Crippen molar-refractivity contribution in [3.05, 3.63) is 0 Å². The normalized spacial score (nSPS) is 44.6. The van der Waals surface area contributed by atoms with E-state index in [1.807, 2.05) is 16.7 Å². The van der Waals surface area contributed by atoms with Crippen LogP contribution in [0.25, 0.3) is 0 Å². The van der Waals surface area contributed by atoms with Crippen LogP contribution in [-0.4, -0.2) is 53.1 Å². The molecule has 0 radical (unpaired) electrons. The molecule has 3 aliphatic rings. The van der Waals surface area contributed by atoms with Crippen LogP contribution < -0.4 is 5.73 Å². The number of nitrogens with two attached hydrogens (primary N) is 1. The van der Waals surface area contributed by atoms with Crippen molar-refractivity contribution in [1.82, 2.24) is 4.90 Å². The number of thioether (sulfide) groups is 1. The fourth-order valence-corrected chi connectivity index (χ4v) is 5.10. The Kier molecular flexibility index (Phi) is 3.15. The lowest BCUT2D eigenvalue weighted by atomic mass is 9.47. The molecule has 4 unspecified atom stereocenters. The first-order chi connectivity index (χ1) is 8.89. The molecule has 2 N–H and O–H groups in total. The zero-order chi connectivity index (χ0) is 13.8. The average molecular weight is 284 g/mol. The van der Waals surface area contributed by atoms with Crippen molar-refractivity contribution in [3.63, 3.8) is 0 Å². The minimum atomic E-state index is -0.726. The Balaban J connectivity index is 1.82. The summed E-state index contributed by atoms with van der Waals surface area (Å²) in [5.41, 5.74) is 5.63. The van der Waals surface area contributed by atoms with E-state index in [1.165, 1.54) is 0 Å². The number of hydrogen-bond donors (Lipinski definition) is 1. The smallest absolute Gasteiger partial charge is 0.243 e. The Bertz CT molecular complexity index is 401. The van der Waals surface area contributed by atoms with Crippen molar-refractivity contribution in [3.8, 4) is 0 Å². The number of amides is 1. The molecule has 0 bridgehead atoms. The van der Waals surface area contributed by atoms with Gasteiger partial charge in [0, 0.05) is 42.0 Å². The first-order valence-corrected chi connectivity index (χ1v) is 8.25. The van der Waals surface area contributed by atoms with Gasteiger partial charge in [0.25, 0.3) is 0 Å². The molecule has 2 aliphatic heterocycles. The van der Waals surface area contributed by atoms with Gasteiger partial charge in [-0.25, -0.2) is 0 Å². The number of ether oxygens (including phenoxy) is 1. The van der Waals surface area contributed by atoms with E-state index in [4.69, 9.17) is 10.5 Å². The molecule has 19 heavy (non-hydrogen) atoms. The molecule has 4 nitrogen and oxygen atoms in total. The van der Waals surface area contributed by atoms with Gasteiger partial charge in [0.05, 0.1) is 6.10 Å². The lowest BCUT2D eigenvalue weighted by Gasteiger charge is -2.62. The molecule has 0 spiro atoms. The molecule has 1 aliphatic carbocycles. The molecule has 1 amide bonds. The Morgan fingerprint density at radius 2 is 2.21 bits per heavy atom. The second kappa shape index (κ2) is 4.37. The highest BCUT2D eigenvalue weighted by Crippen LogP contribution is 2.58. The van der Waals surface area contributed by atoms with Gasteiger partial charge in [-0.2, -0.15) is 11.8 Å². The predicted molar refractivity (Wildman–Crippen MR) is 77.0 cm³/mol. The molecule has 0 aromatic rings. The van der Waals surface area contributed by atoms with E-state index in [0.717, 1.165) is 31.9 Å².